The second-order valence-electron chi connectivity index (χ2n) is 5.78. The topological polar surface area (TPSA) is 40.9 Å². The lowest BCUT2D eigenvalue weighted by molar-refractivity contribution is -0.121. The van der Waals surface area contributed by atoms with E-state index in [4.69, 9.17) is 5.26 Å². The number of allylic oxidation sites excluding steroid dienone is 2. The molecule has 0 spiro atoms. The minimum absolute atomic E-state index is 0.176. The lowest BCUT2D eigenvalue weighted by Crippen LogP contribution is -2.17. The van der Waals surface area contributed by atoms with E-state index in [1.807, 2.05) is 13.0 Å². The number of hydrogen-bond acceptors (Lipinski definition) is 2. The molecule has 0 radical (unpaired) electrons. The number of hydrogen-bond donors (Lipinski definition) is 0. The maximum atomic E-state index is 11.9. The summed E-state index contributed by atoms with van der Waals surface area (Å²) in [5.74, 6) is 0.619. The fourth-order valence-electron chi connectivity index (χ4n) is 3.09. The molecule has 2 heteroatoms. The number of ketones is 1. The van der Waals surface area contributed by atoms with Crippen molar-refractivity contribution < 1.29 is 4.79 Å². The van der Waals surface area contributed by atoms with Crippen LogP contribution in [0.1, 0.15) is 68.6 Å². The Balaban J connectivity index is 0.000000361. The fraction of sp³-hybridized carbons (Fsp3) is 0.474. The summed E-state index contributed by atoms with van der Waals surface area (Å²) in [6, 6.07) is 8.55. The summed E-state index contributed by atoms with van der Waals surface area (Å²) in [6.07, 6.45) is 8.04. The third-order valence-corrected chi connectivity index (χ3v) is 4.30. The highest BCUT2D eigenvalue weighted by Gasteiger charge is 2.24. The molecule has 0 aliphatic heterocycles. The van der Waals surface area contributed by atoms with Gasteiger partial charge in [0.1, 0.15) is 5.78 Å². The van der Waals surface area contributed by atoms with Crippen molar-refractivity contribution in [2.45, 2.75) is 58.3 Å². The van der Waals surface area contributed by atoms with Crippen LogP contribution in [0.25, 0.3) is 5.57 Å². The van der Waals surface area contributed by atoms with Gasteiger partial charge in [0.25, 0.3) is 0 Å². The minimum atomic E-state index is 0.176. The second-order valence-corrected chi connectivity index (χ2v) is 5.78. The zero-order chi connectivity index (χ0) is 15.2. The van der Waals surface area contributed by atoms with Gasteiger partial charge in [0.2, 0.25) is 0 Å². The van der Waals surface area contributed by atoms with Gasteiger partial charge in [-0.1, -0.05) is 37.6 Å². The van der Waals surface area contributed by atoms with Crippen LogP contribution >= 0.6 is 0 Å². The molecular formula is C19H23NO. The van der Waals surface area contributed by atoms with Crippen LogP contribution in [0.4, 0.5) is 0 Å². The molecule has 1 aromatic rings. The Kier molecular flexibility index (Phi) is 5.33. The van der Waals surface area contributed by atoms with Gasteiger partial charge in [-0.25, -0.2) is 0 Å². The summed E-state index contributed by atoms with van der Waals surface area (Å²) in [5, 5.41) is 7.62. The van der Waals surface area contributed by atoms with Crippen LogP contribution in [0.5, 0.6) is 0 Å². The Morgan fingerprint density at radius 2 is 2.10 bits per heavy atom. The van der Waals surface area contributed by atoms with Crippen molar-refractivity contribution in [3.63, 3.8) is 0 Å². The highest BCUT2D eigenvalue weighted by molar-refractivity contribution is 5.86. The van der Waals surface area contributed by atoms with Crippen molar-refractivity contribution in [2.75, 3.05) is 0 Å². The van der Waals surface area contributed by atoms with E-state index in [0.29, 0.717) is 12.2 Å². The van der Waals surface area contributed by atoms with E-state index in [-0.39, 0.29) is 5.92 Å². The van der Waals surface area contributed by atoms with Gasteiger partial charge in [0.05, 0.1) is 6.07 Å². The van der Waals surface area contributed by atoms with E-state index in [9.17, 15) is 4.79 Å². The number of rotatable bonds is 1. The van der Waals surface area contributed by atoms with Crippen molar-refractivity contribution in [2.24, 2.45) is 0 Å². The van der Waals surface area contributed by atoms with Crippen molar-refractivity contribution in [3.8, 4) is 6.07 Å². The van der Waals surface area contributed by atoms with Gasteiger partial charge in [-0.05, 0) is 48.4 Å². The number of carbonyl (C=O) groups is 1. The van der Waals surface area contributed by atoms with Crippen LogP contribution in [-0.2, 0) is 11.2 Å². The molecule has 0 heterocycles. The van der Waals surface area contributed by atoms with E-state index in [1.54, 1.807) is 0 Å². The molecule has 0 amide bonds. The molecule has 1 unspecified atom stereocenters. The second kappa shape index (κ2) is 7.22. The largest absolute Gasteiger partial charge is 0.299 e. The first-order chi connectivity index (χ1) is 10.2. The summed E-state index contributed by atoms with van der Waals surface area (Å²) >= 11 is 0. The summed E-state index contributed by atoms with van der Waals surface area (Å²) in [5.41, 5.74) is 5.40. The predicted molar refractivity (Wildman–Crippen MR) is 85.9 cm³/mol. The van der Waals surface area contributed by atoms with Crippen LogP contribution in [0.2, 0.25) is 0 Å². The summed E-state index contributed by atoms with van der Waals surface area (Å²) in [6.45, 7) is 3.98. The summed E-state index contributed by atoms with van der Waals surface area (Å²) < 4.78 is 0. The Morgan fingerprint density at radius 3 is 2.76 bits per heavy atom. The number of Topliss-reactive ketones (excluding diaryl/α,β-unsaturated/α-hetero) is 1. The summed E-state index contributed by atoms with van der Waals surface area (Å²) in [7, 11) is 0. The van der Waals surface area contributed by atoms with Gasteiger partial charge in [-0.3, -0.25) is 4.79 Å². The molecule has 2 nitrogen and oxygen atoms in total. The summed E-state index contributed by atoms with van der Waals surface area (Å²) in [4.78, 5) is 11.9. The maximum Gasteiger partial charge on any atom is 0.140 e. The third kappa shape index (κ3) is 3.61. The average molecular weight is 281 g/mol. The number of nitrogens with zero attached hydrogens (tertiary/aromatic N) is 1. The van der Waals surface area contributed by atoms with Crippen LogP contribution in [0.15, 0.2) is 24.3 Å². The molecule has 2 aliphatic rings. The number of benzene rings is 1. The molecule has 0 saturated heterocycles. The van der Waals surface area contributed by atoms with E-state index in [0.717, 1.165) is 25.7 Å². The molecule has 2 aliphatic carbocycles. The zero-order valence-electron chi connectivity index (χ0n) is 13.0. The fourth-order valence-corrected chi connectivity index (χ4v) is 3.09. The maximum absolute atomic E-state index is 11.9. The molecule has 1 saturated carbocycles. The first kappa shape index (κ1) is 15.5. The average Bonchev–Trinajstić information content (AvgIpc) is 2.89. The highest BCUT2D eigenvalue weighted by atomic mass is 16.1. The molecule has 1 atom stereocenters. The smallest absolute Gasteiger partial charge is 0.140 e. The van der Waals surface area contributed by atoms with Gasteiger partial charge in [-0.15, -0.1) is 0 Å². The monoisotopic (exact) mass is 281 g/mol. The van der Waals surface area contributed by atoms with Crippen molar-refractivity contribution in [1.82, 2.24) is 0 Å². The van der Waals surface area contributed by atoms with Crippen molar-refractivity contribution in [3.05, 3.63) is 41.0 Å². The Morgan fingerprint density at radius 1 is 1.33 bits per heavy atom. The third-order valence-electron chi connectivity index (χ3n) is 4.30. The number of nitriles is 1. The normalized spacial score (nSPS) is 20.0. The molecular weight excluding hydrogens is 258 g/mol. The molecule has 21 heavy (non-hydrogen) atoms. The van der Waals surface area contributed by atoms with Gasteiger partial charge in [0, 0.05) is 18.8 Å². The van der Waals surface area contributed by atoms with Crippen molar-refractivity contribution >= 4 is 11.4 Å². The molecule has 0 aromatic heterocycles. The standard InChI is InChI=1S/C16H18O.C3H5N/c1-11-6-7-12-10-13(8-9-14(11)12)15-4-2-3-5-16(15)17;1-2-3-4/h6,8-10,15H,2-5,7H2,1H3;2H2,1H3. The molecule has 110 valence electrons. The Bertz CT molecular complexity index is 592. The van der Waals surface area contributed by atoms with Gasteiger partial charge in [-0.2, -0.15) is 5.26 Å². The lowest BCUT2D eigenvalue weighted by Gasteiger charge is -2.21. The van der Waals surface area contributed by atoms with E-state index < -0.39 is 0 Å². The minimum Gasteiger partial charge on any atom is -0.299 e. The van der Waals surface area contributed by atoms with Gasteiger partial charge < -0.3 is 0 Å². The first-order valence-corrected chi connectivity index (χ1v) is 7.87. The number of fused-ring (bicyclic) bond motifs is 1. The van der Waals surface area contributed by atoms with Crippen LogP contribution in [0, 0.1) is 11.3 Å². The predicted octanol–water partition coefficient (Wildman–Crippen LogP) is 4.79. The van der Waals surface area contributed by atoms with E-state index in [2.05, 4.69) is 31.2 Å². The molecule has 1 aromatic carbocycles. The van der Waals surface area contributed by atoms with Crippen LogP contribution < -0.4 is 0 Å². The van der Waals surface area contributed by atoms with Gasteiger partial charge in [0.15, 0.2) is 0 Å². The lowest BCUT2D eigenvalue weighted by atomic mass is 9.82. The molecule has 1 fully saturated rings. The van der Waals surface area contributed by atoms with Gasteiger partial charge >= 0.3 is 0 Å². The zero-order valence-corrected chi connectivity index (χ0v) is 13.0. The van der Waals surface area contributed by atoms with Crippen LogP contribution in [0.3, 0.4) is 0 Å². The number of carbonyl (C=O) groups excluding carboxylic acids is 1. The Labute approximate surface area is 127 Å². The van der Waals surface area contributed by atoms with Crippen molar-refractivity contribution in [1.29, 1.82) is 5.26 Å². The van der Waals surface area contributed by atoms with Crippen LogP contribution in [-0.4, -0.2) is 5.78 Å². The SMILES string of the molecule is CC1=CCc2cc(C3CCCCC3=O)ccc21.CCC#N. The van der Waals surface area contributed by atoms with E-state index in [1.165, 1.54) is 28.7 Å². The first-order valence-electron chi connectivity index (χ1n) is 7.87. The Hall–Kier alpha value is -1.88. The quantitative estimate of drug-likeness (QED) is 0.742. The highest BCUT2D eigenvalue weighted by Crippen LogP contribution is 2.34. The molecule has 0 bridgehead atoms. The molecule has 3 rings (SSSR count). The molecule has 0 N–H and O–H groups in total. The van der Waals surface area contributed by atoms with E-state index >= 15 is 0 Å².